The molecule has 2 aromatic carbocycles. The fraction of sp³-hybridized carbons (Fsp3) is 0.280. The van der Waals surface area contributed by atoms with Crippen molar-refractivity contribution in [2.24, 2.45) is 0 Å². The summed E-state index contributed by atoms with van der Waals surface area (Å²) >= 11 is 1.60. The zero-order valence-electron chi connectivity index (χ0n) is 18.2. The van der Waals surface area contributed by atoms with Gasteiger partial charge >= 0.3 is 0 Å². The van der Waals surface area contributed by atoms with E-state index < -0.39 is 0 Å². The van der Waals surface area contributed by atoms with Gasteiger partial charge < -0.3 is 20.5 Å². The van der Waals surface area contributed by atoms with Crippen LogP contribution in [0.3, 0.4) is 0 Å². The van der Waals surface area contributed by atoms with Gasteiger partial charge in [0.25, 0.3) is 0 Å². The average molecular weight is 467 g/mol. The number of carbonyl (C=O) groups excluding carboxylic acids is 1. The summed E-state index contributed by atoms with van der Waals surface area (Å²) in [6.45, 7) is 2.82. The molecule has 8 heteroatoms. The van der Waals surface area contributed by atoms with Gasteiger partial charge in [-0.2, -0.15) is 11.3 Å². The molecular weight excluding hydrogens is 436 g/mol. The number of amides is 1. The molecule has 174 valence electrons. The van der Waals surface area contributed by atoms with E-state index in [2.05, 4.69) is 10.2 Å². The van der Waals surface area contributed by atoms with Crippen LogP contribution in [0.5, 0.6) is 11.5 Å². The maximum Gasteiger partial charge on any atom is 0.246 e. The molecule has 4 N–H and O–H groups in total. The Bertz CT molecular complexity index is 1180. The Morgan fingerprint density at radius 3 is 2.64 bits per heavy atom. The summed E-state index contributed by atoms with van der Waals surface area (Å²) in [7, 11) is 0. The highest BCUT2D eigenvalue weighted by atomic mass is 32.1. The van der Waals surface area contributed by atoms with Crippen LogP contribution in [0.1, 0.15) is 38.4 Å². The number of nitrogens with two attached hydrogens (primary N) is 1. The minimum absolute atomic E-state index is 0. The molecule has 0 aliphatic carbocycles. The number of carbonyl (C=O) groups is 1. The minimum atomic E-state index is -0.322. The summed E-state index contributed by atoms with van der Waals surface area (Å²) in [6.07, 6.45) is 2.21. The first-order chi connectivity index (χ1) is 16.1. The fourth-order valence-corrected chi connectivity index (χ4v) is 5.05. The third-order valence-electron chi connectivity index (χ3n) is 6.03. The molecule has 5 rings (SSSR count). The van der Waals surface area contributed by atoms with Gasteiger partial charge in [0.15, 0.2) is 11.5 Å². The molecule has 1 aromatic heterocycles. The maximum atomic E-state index is 13.3. The zero-order valence-corrected chi connectivity index (χ0v) is 19.0. The first-order valence-electron chi connectivity index (χ1n) is 11.1. The van der Waals surface area contributed by atoms with Crippen LogP contribution in [0.4, 0.5) is 11.4 Å². The van der Waals surface area contributed by atoms with Crippen molar-refractivity contribution < 1.29 is 17.1 Å². The highest BCUT2D eigenvalue weighted by molar-refractivity contribution is 7.08. The first kappa shape index (κ1) is 21.5. The molecule has 1 saturated heterocycles. The van der Waals surface area contributed by atoms with Crippen molar-refractivity contribution in [3.8, 4) is 11.5 Å². The van der Waals surface area contributed by atoms with E-state index in [1.807, 2.05) is 29.0 Å². The molecule has 0 spiro atoms. The summed E-state index contributed by atoms with van der Waals surface area (Å²) in [5, 5.41) is 15.8. The van der Waals surface area contributed by atoms with Gasteiger partial charge in [0.2, 0.25) is 5.91 Å². The van der Waals surface area contributed by atoms with Gasteiger partial charge in [-0.15, -0.1) is 0 Å². The Labute approximate surface area is 199 Å². The number of likely N-dealkylation sites (tertiary alicyclic amines) is 1. The predicted octanol–water partition coefficient (Wildman–Crippen LogP) is 4.79. The van der Waals surface area contributed by atoms with Crippen LogP contribution in [0.15, 0.2) is 53.2 Å². The number of anilines is 2. The molecule has 7 nitrogen and oxygen atoms in total. The Balaban J connectivity index is 0.00000171. The van der Waals surface area contributed by atoms with Crippen LogP contribution in [0, 0.1) is 5.41 Å². The van der Waals surface area contributed by atoms with E-state index in [4.69, 9.17) is 20.6 Å². The summed E-state index contributed by atoms with van der Waals surface area (Å²) < 4.78 is 11.2. The van der Waals surface area contributed by atoms with Gasteiger partial charge in [0.05, 0.1) is 5.71 Å². The molecule has 0 radical (unpaired) electrons. The smallest absolute Gasteiger partial charge is 0.246 e. The molecule has 1 fully saturated rings. The van der Waals surface area contributed by atoms with Gasteiger partial charge in [-0.3, -0.25) is 15.1 Å². The zero-order chi connectivity index (χ0) is 22.8. The molecule has 0 bridgehead atoms. The van der Waals surface area contributed by atoms with Crippen LogP contribution >= 0.6 is 11.3 Å². The standard InChI is InChI=1S/C25H26N4O3S.2H2/c26-20-5-4-18(28-25(30)24(17-7-12-33-15-17)29-8-1-2-9-29)14-19(20)23(27)16-3-6-21-22(13-16)32-11-10-31-21;;/h3-7,12-15,24,27H,1-2,8-11,26H2,(H,28,30);2*1H. The number of nitrogens with one attached hydrogen (secondary N) is 2. The van der Waals surface area contributed by atoms with Gasteiger partial charge in [0, 0.05) is 25.4 Å². The number of rotatable bonds is 6. The lowest BCUT2D eigenvalue weighted by Gasteiger charge is -2.26. The van der Waals surface area contributed by atoms with Gasteiger partial charge in [0.1, 0.15) is 19.3 Å². The van der Waals surface area contributed by atoms with E-state index in [0.717, 1.165) is 31.5 Å². The summed E-state index contributed by atoms with van der Waals surface area (Å²) in [5.74, 6) is 1.22. The number of nitrogens with zero attached hydrogens (tertiary/aromatic N) is 1. The molecule has 33 heavy (non-hydrogen) atoms. The molecule has 1 atom stereocenters. The number of fused-ring (bicyclic) bond motifs is 1. The lowest BCUT2D eigenvalue weighted by Crippen LogP contribution is -2.35. The van der Waals surface area contributed by atoms with Crippen LogP contribution in [-0.2, 0) is 4.79 Å². The van der Waals surface area contributed by atoms with E-state index in [9.17, 15) is 4.79 Å². The van der Waals surface area contributed by atoms with E-state index in [-0.39, 0.29) is 20.5 Å². The number of benzene rings is 2. The van der Waals surface area contributed by atoms with Gasteiger partial charge in [-0.25, -0.2) is 0 Å². The molecule has 3 aromatic rings. The number of ether oxygens (including phenoxy) is 2. The van der Waals surface area contributed by atoms with E-state index in [1.54, 1.807) is 35.6 Å². The van der Waals surface area contributed by atoms with E-state index >= 15 is 0 Å². The molecule has 2 aliphatic rings. The molecule has 1 unspecified atom stereocenters. The lowest BCUT2D eigenvalue weighted by atomic mass is 9.99. The number of hydrogen-bond acceptors (Lipinski definition) is 7. The van der Waals surface area contributed by atoms with Crippen LogP contribution in [0.25, 0.3) is 0 Å². The second kappa shape index (κ2) is 9.25. The van der Waals surface area contributed by atoms with Crippen LogP contribution < -0.4 is 20.5 Å². The largest absolute Gasteiger partial charge is 0.486 e. The summed E-state index contributed by atoms with van der Waals surface area (Å²) in [4.78, 5) is 15.6. The highest BCUT2D eigenvalue weighted by Gasteiger charge is 2.30. The number of thiophene rings is 1. The lowest BCUT2D eigenvalue weighted by molar-refractivity contribution is -0.121. The van der Waals surface area contributed by atoms with Crippen LogP contribution in [-0.4, -0.2) is 42.8 Å². The highest BCUT2D eigenvalue weighted by Crippen LogP contribution is 2.33. The van der Waals surface area contributed by atoms with Crippen molar-refractivity contribution in [2.75, 3.05) is 37.4 Å². The topological polar surface area (TPSA) is 101 Å². The molecule has 0 saturated carbocycles. The van der Waals surface area contributed by atoms with Crippen molar-refractivity contribution in [3.63, 3.8) is 0 Å². The molecule has 3 heterocycles. The van der Waals surface area contributed by atoms with Crippen molar-refractivity contribution in [2.45, 2.75) is 18.9 Å². The van der Waals surface area contributed by atoms with E-state index in [0.29, 0.717) is 47.2 Å². The molecular formula is C25H30N4O3S. The second-order valence-corrected chi connectivity index (χ2v) is 9.01. The van der Waals surface area contributed by atoms with Crippen molar-refractivity contribution in [1.29, 1.82) is 5.41 Å². The third kappa shape index (κ3) is 4.44. The number of hydrogen-bond donors (Lipinski definition) is 3. The SMILES string of the molecule is N=C(c1ccc2c(c1)OCCO2)c1cc(NC(=O)C(c2ccsc2)N2CCCC2)ccc1N.[HH].[HH]. The van der Waals surface area contributed by atoms with E-state index in [1.165, 1.54) is 0 Å². The molecule has 1 amide bonds. The average Bonchev–Trinajstić information content (AvgIpc) is 3.55. The van der Waals surface area contributed by atoms with Crippen molar-refractivity contribution in [1.82, 2.24) is 4.90 Å². The Kier molecular flexibility index (Phi) is 6.02. The quantitative estimate of drug-likeness (QED) is 0.358. The second-order valence-electron chi connectivity index (χ2n) is 8.23. The Morgan fingerprint density at radius 1 is 1.09 bits per heavy atom. The summed E-state index contributed by atoms with van der Waals surface area (Å²) in [5.41, 5.74) is 9.80. The third-order valence-corrected chi connectivity index (χ3v) is 6.74. The van der Waals surface area contributed by atoms with Gasteiger partial charge in [-0.1, -0.05) is 0 Å². The fourth-order valence-electron chi connectivity index (χ4n) is 4.37. The molecule has 2 aliphatic heterocycles. The van der Waals surface area contributed by atoms with Crippen LogP contribution in [0.2, 0.25) is 0 Å². The first-order valence-corrected chi connectivity index (χ1v) is 12.0. The predicted molar refractivity (Wildman–Crippen MR) is 135 cm³/mol. The Hall–Kier alpha value is -3.36. The van der Waals surface area contributed by atoms with Crippen molar-refractivity contribution >= 4 is 34.3 Å². The van der Waals surface area contributed by atoms with Crippen molar-refractivity contribution in [3.05, 3.63) is 69.9 Å². The monoisotopic (exact) mass is 466 g/mol. The Morgan fingerprint density at radius 2 is 1.88 bits per heavy atom. The normalized spacial score (nSPS) is 16.4. The minimum Gasteiger partial charge on any atom is -0.486 e. The van der Waals surface area contributed by atoms with Gasteiger partial charge in [-0.05, 0) is 84.7 Å². The summed E-state index contributed by atoms with van der Waals surface area (Å²) in [6, 6.07) is 12.4. The number of nitrogen functional groups attached to an aromatic ring is 1. The maximum absolute atomic E-state index is 13.3.